The van der Waals surface area contributed by atoms with Crippen LogP contribution in [0.15, 0.2) is 77.7 Å². The summed E-state index contributed by atoms with van der Waals surface area (Å²) in [5.41, 5.74) is 0.737. The first kappa shape index (κ1) is 29.8. The first-order chi connectivity index (χ1) is 18.1. The van der Waals surface area contributed by atoms with Crippen LogP contribution in [-0.2, 0) is 26.2 Å². The predicted octanol–water partition coefficient (Wildman–Crippen LogP) is 5.79. The first-order valence-electron chi connectivity index (χ1n) is 11.9. The highest BCUT2D eigenvalue weighted by Crippen LogP contribution is 2.28. The number of nitrogens with zero attached hydrogens (tertiary/aromatic N) is 2. The van der Waals surface area contributed by atoms with E-state index in [1.54, 1.807) is 55.5 Å². The molecule has 0 aliphatic heterocycles. The molecule has 0 aliphatic rings. The third kappa shape index (κ3) is 7.20. The number of nitrogens with one attached hydrogen (secondary N) is 1. The van der Waals surface area contributed by atoms with Crippen molar-refractivity contribution in [3.63, 3.8) is 0 Å². The Morgan fingerprint density at radius 3 is 2.08 bits per heavy atom. The van der Waals surface area contributed by atoms with Crippen LogP contribution in [0.5, 0.6) is 0 Å². The van der Waals surface area contributed by atoms with Crippen LogP contribution in [0.4, 0.5) is 5.69 Å². The summed E-state index contributed by atoms with van der Waals surface area (Å²) >= 11 is 18.7. The quantitative estimate of drug-likeness (QED) is 0.304. The summed E-state index contributed by atoms with van der Waals surface area (Å²) in [6, 6.07) is 18.0. The number of para-hydroxylation sites is 1. The number of anilines is 1. The maximum Gasteiger partial charge on any atom is 0.264 e. The highest BCUT2D eigenvalue weighted by Gasteiger charge is 2.33. The van der Waals surface area contributed by atoms with Gasteiger partial charge in [-0.25, -0.2) is 8.42 Å². The monoisotopic (exact) mass is 595 g/mol. The largest absolute Gasteiger partial charge is 0.354 e. The summed E-state index contributed by atoms with van der Waals surface area (Å²) in [5, 5.41) is 3.81. The van der Waals surface area contributed by atoms with Gasteiger partial charge in [-0.05, 0) is 61.9 Å². The third-order valence-corrected chi connectivity index (χ3v) is 8.58. The van der Waals surface area contributed by atoms with Gasteiger partial charge in [0.05, 0.1) is 10.6 Å². The molecule has 1 unspecified atom stereocenters. The second-order valence-corrected chi connectivity index (χ2v) is 11.6. The summed E-state index contributed by atoms with van der Waals surface area (Å²) in [6.45, 7) is 3.26. The number of sulfonamides is 1. The molecule has 202 valence electrons. The molecular weight excluding hydrogens is 569 g/mol. The van der Waals surface area contributed by atoms with Crippen molar-refractivity contribution in [2.45, 2.75) is 37.8 Å². The number of carbonyl (C=O) groups excluding carboxylic acids is 2. The van der Waals surface area contributed by atoms with Gasteiger partial charge in [-0.2, -0.15) is 0 Å². The highest BCUT2D eigenvalue weighted by atomic mass is 35.5. The van der Waals surface area contributed by atoms with E-state index in [4.69, 9.17) is 34.8 Å². The summed E-state index contributed by atoms with van der Waals surface area (Å²) < 4.78 is 28.4. The molecule has 1 atom stereocenters. The Kier molecular flexibility index (Phi) is 10.4. The van der Waals surface area contributed by atoms with E-state index in [0.717, 1.165) is 4.31 Å². The normalized spacial score (nSPS) is 12.0. The molecule has 3 aromatic rings. The summed E-state index contributed by atoms with van der Waals surface area (Å²) in [5.74, 6) is -0.989. The van der Waals surface area contributed by atoms with Crippen molar-refractivity contribution in [1.29, 1.82) is 0 Å². The smallest absolute Gasteiger partial charge is 0.264 e. The van der Waals surface area contributed by atoms with Crippen LogP contribution in [0.3, 0.4) is 0 Å². The van der Waals surface area contributed by atoms with Gasteiger partial charge in [0.15, 0.2) is 0 Å². The number of carbonyl (C=O) groups is 2. The molecule has 2 amide bonds. The number of hydrogen-bond donors (Lipinski definition) is 1. The molecule has 0 spiro atoms. The Morgan fingerprint density at radius 2 is 1.50 bits per heavy atom. The van der Waals surface area contributed by atoms with E-state index in [1.165, 1.54) is 29.2 Å². The minimum Gasteiger partial charge on any atom is -0.354 e. The molecule has 0 bridgehead atoms. The van der Waals surface area contributed by atoms with Crippen LogP contribution >= 0.6 is 34.8 Å². The van der Waals surface area contributed by atoms with E-state index in [1.807, 2.05) is 6.92 Å². The van der Waals surface area contributed by atoms with E-state index in [9.17, 15) is 18.0 Å². The van der Waals surface area contributed by atoms with Gasteiger partial charge in [-0.1, -0.05) is 66.0 Å². The molecule has 0 fully saturated rings. The van der Waals surface area contributed by atoms with Crippen molar-refractivity contribution in [2.24, 2.45) is 0 Å². The van der Waals surface area contributed by atoms with E-state index in [-0.39, 0.29) is 23.0 Å². The van der Waals surface area contributed by atoms with E-state index >= 15 is 0 Å². The molecule has 3 aromatic carbocycles. The Bertz CT molecular complexity index is 1350. The van der Waals surface area contributed by atoms with E-state index in [0.29, 0.717) is 33.6 Å². The molecule has 0 saturated carbocycles. The van der Waals surface area contributed by atoms with Crippen molar-refractivity contribution in [1.82, 2.24) is 10.2 Å². The van der Waals surface area contributed by atoms with E-state index < -0.39 is 28.5 Å². The molecule has 7 nitrogen and oxygen atoms in total. The second-order valence-electron chi connectivity index (χ2n) is 8.49. The molecule has 38 heavy (non-hydrogen) atoms. The van der Waals surface area contributed by atoms with Gasteiger partial charge in [0.2, 0.25) is 11.8 Å². The fraction of sp³-hybridized carbons (Fsp3) is 0.259. The van der Waals surface area contributed by atoms with Gasteiger partial charge < -0.3 is 10.2 Å². The number of rotatable bonds is 11. The van der Waals surface area contributed by atoms with E-state index in [2.05, 4.69) is 5.32 Å². The van der Waals surface area contributed by atoms with Gasteiger partial charge in [-0.3, -0.25) is 13.9 Å². The maximum absolute atomic E-state index is 13.8. The lowest BCUT2D eigenvalue weighted by atomic mass is 10.1. The number of amides is 2. The number of halogens is 3. The zero-order valence-electron chi connectivity index (χ0n) is 20.9. The molecular formula is C27H28Cl3N3O4S. The van der Waals surface area contributed by atoms with Crippen molar-refractivity contribution >= 4 is 62.3 Å². The molecule has 0 radical (unpaired) electrons. The summed E-state index contributed by atoms with van der Waals surface area (Å²) in [7, 11) is -4.17. The molecule has 3 rings (SSSR count). The van der Waals surface area contributed by atoms with Crippen LogP contribution < -0.4 is 9.62 Å². The van der Waals surface area contributed by atoms with Gasteiger partial charge in [-0.15, -0.1) is 0 Å². The lowest BCUT2D eigenvalue weighted by Crippen LogP contribution is -2.51. The zero-order chi connectivity index (χ0) is 27.9. The Balaban J connectivity index is 2.03. The topological polar surface area (TPSA) is 86.8 Å². The lowest BCUT2D eigenvalue weighted by molar-refractivity contribution is -0.139. The van der Waals surface area contributed by atoms with Crippen molar-refractivity contribution in [2.75, 3.05) is 17.4 Å². The van der Waals surface area contributed by atoms with Crippen molar-refractivity contribution in [3.05, 3.63) is 93.4 Å². The predicted molar refractivity (Wildman–Crippen MR) is 152 cm³/mol. The zero-order valence-corrected chi connectivity index (χ0v) is 24.0. The average molecular weight is 597 g/mol. The fourth-order valence-electron chi connectivity index (χ4n) is 3.69. The minimum atomic E-state index is -4.17. The highest BCUT2D eigenvalue weighted by molar-refractivity contribution is 7.92. The summed E-state index contributed by atoms with van der Waals surface area (Å²) in [4.78, 5) is 28.0. The van der Waals surface area contributed by atoms with Gasteiger partial charge in [0.25, 0.3) is 10.0 Å². The third-order valence-electron chi connectivity index (χ3n) is 5.83. The van der Waals surface area contributed by atoms with Gasteiger partial charge >= 0.3 is 0 Å². The van der Waals surface area contributed by atoms with Gasteiger partial charge in [0, 0.05) is 33.7 Å². The minimum absolute atomic E-state index is 0.0343. The van der Waals surface area contributed by atoms with Crippen LogP contribution in [0, 0.1) is 0 Å². The van der Waals surface area contributed by atoms with Crippen LogP contribution in [0.25, 0.3) is 0 Å². The van der Waals surface area contributed by atoms with Gasteiger partial charge in [0.1, 0.15) is 12.6 Å². The fourth-order valence-corrected chi connectivity index (χ4v) is 5.75. The van der Waals surface area contributed by atoms with Crippen molar-refractivity contribution < 1.29 is 18.0 Å². The Morgan fingerprint density at radius 1 is 0.895 bits per heavy atom. The number of benzene rings is 3. The first-order valence-corrected chi connectivity index (χ1v) is 14.5. The van der Waals surface area contributed by atoms with Crippen LogP contribution in [0.2, 0.25) is 15.1 Å². The maximum atomic E-state index is 13.8. The average Bonchev–Trinajstić information content (AvgIpc) is 2.90. The molecule has 1 N–H and O–H groups in total. The SMILES string of the molecule is CCCNC(=O)C(C)N(Cc1c(Cl)cccc1Cl)C(=O)CN(c1ccccc1)S(=O)(=O)c1ccc(Cl)cc1. The molecule has 0 saturated heterocycles. The Hall–Kier alpha value is -2.78. The molecule has 0 aliphatic carbocycles. The van der Waals surface area contributed by atoms with Crippen molar-refractivity contribution in [3.8, 4) is 0 Å². The van der Waals surface area contributed by atoms with Crippen LogP contribution in [-0.4, -0.2) is 44.3 Å². The molecule has 11 heteroatoms. The summed E-state index contributed by atoms with van der Waals surface area (Å²) in [6.07, 6.45) is 0.712. The number of hydrogen-bond acceptors (Lipinski definition) is 4. The standard InChI is InChI=1S/C27H28Cl3N3O4S/c1-3-16-31-27(35)19(2)32(17-23-24(29)10-7-11-25(23)30)26(34)18-33(21-8-5-4-6-9-21)38(36,37)22-14-12-20(28)13-15-22/h4-15,19H,3,16-18H2,1-2H3,(H,31,35). The Labute approximate surface area is 238 Å². The second kappa shape index (κ2) is 13.3. The van der Waals surface area contributed by atoms with Crippen LogP contribution in [0.1, 0.15) is 25.8 Å². The molecule has 0 heterocycles. The lowest BCUT2D eigenvalue weighted by Gasteiger charge is -2.32. The molecule has 0 aromatic heterocycles.